The maximum atomic E-state index is 9.13. The Balaban J connectivity index is 2.61. The molecule has 15 heavy (non-hydrogen) atoms. The molecule has 0 bridgehead atoms. The van der Waals surface area contributed by atoms with E-state index in [1.54, 1.807) is 24.0 Å². The lowest BCUT2D eigenvalue weighted by atomic mass is 10.2. The van der Waals surface area contributed by atoms with Gasteiger partial charge in [0.05, 0.1) is 6.61 Å². The lowest BCUT2D eigenvalue weighted by Crippen LogP contribution is -2.30. The van der Waals surface area contributed by atoms with E-state index < -0.39 is 0 Å². The molecule has 0 radical (unpaired) electrons. The van der Waals surface area contributed by atoms with Crippen molar-refractivity contribution >= 4 is 29.1 Å². The van der Waals surface area contributed by atoms with E-state index in [4.69, 9.17) is 16.7 Å². The maximum absolute atomic E-state index is 9.13. The van der Waals surface area contributed by atoms with Crippen LogP contribution in [0.15, 0.2) is 18.3 Å². The van der Waals surface area contributed by atoms with Gasteiger partial charge in [0, 0.05) is 23.2 Å². The highest BCUT2D eigenvalue weighted by Gasteiger charge is 2.14. The number of halogens is 1. The Kier molecular flexibility index (Phi) is 5.22. The van der Waals surface area contributed by atoms with Crippen LogP contribution < -0.4 is 5.32 Å². The van der Waals surface area contributed by atoms with E-state index >= 15 is 0 Å². The molecular formula is C10H15ClN2OS. The van der Waals surface area contributed by atoms with Crippen LogP contribution in [-0.2, 0) is 0 Å². The first-order chi connectivity index (χ1) is 7.17. The van der Waals surface area contributed by atoms with Crippen molar-refractivity contribution in [3.63, 3.8) is 0 Å². The fraction of sp³-hybridized carbons (Fsp3) is 0.500. The van der Waals surface area contributed by atoms with Crippen molar-refractivity contribution in [1.29, 1.82) is 0 Å². The van der Waals surface area contributed by atoms with Gasteiger partial charge in [-0.3, -0.25) is 0 Å². The lowest BCUT2D eigenvalue weighted by Gasteiger charge is -2.22. The summed E-state index contributed by atoms with van der Waals surface area (Å²) in [7, 11) is 0. The Labute approximate surface area is 99.2 Å². The fourth-order valence-corrected chi connectivity index (χ4v) is 2.08. The smallest absolute Gasteiger partial charge is 0.131 e. The van der Waals surface area contributed by atoms with Crippen molar-refractivity contribution in [1.82, 2.24) is 4.98 Å². The number of nitrogens with one attached hydrogen (secondary N) is 1. The minimum atomic E-state index is 0.161. The van der Waals surface area contributed by atoms with Crippen molar-refractivity contribution in [2.75, 3.05) is 18.2 Å². The molecule has 1 rings (SSSR count). The summed E-state index contributed by atoms with van der Waals surface area (Å²) in [6, 6.07) is 3.81. The molecule has 2 unspecified atom stereocenters. The van der Waals surface area contributed by atoms with E-state index in [9.17, 15) is 0 Å². The van der Waals surface area contributed by atoms with Crippen LogP contribution in [0.3, 0.4) is 0 Å². The summed E-state index contributed by atoms with van der Waals surface area (Å²) < 4.78 is 0. The number of aliphatic hydroxyl groups is 1. The summed E-state index contributed by atoms with van der Waals surface area (Å²) in [6.45, 7) is 2.19. The van der Waals surface area contributed by atoms with Crippen molar-refractivity contribution in [2.24, 2.45) is 0 Å². The van der Waals surface area contributed by atoms with Crippen molar-refractivity contribution in [3.05, 3.63) is 23.5 Å². The molecule has 0 aliphatic carbocycles. The van der Waals surface area contributed by atoms with Crippen LogP contribution >= 0.6 is 23.4 Å². The molecule has 0 saturated heterocycles. The number of hydrogen-bond acceptors (Lipinski definition) is 4. The molecule has 0 aliphatic heterocycles. The topological polar surface area (TPSA) is 45.1 Å². The maximum Gasteiger partial charge on any atom is 0.131 e. The number of pyridine rings is 1. The van der Waals surface area contributed by atoms with E-state index in [1.165, 1.54) is 0 Å². The van der Waals surface area contributed by atoms with E-state index in [2.05, 4.69) is 10.3 Å². The number of nitrogens with zero attached hydrogens (tertiary/aromatic N) is 1. The summed E-state index contributed by atoms with van der Waals surface area (Å²) in [5.74, 6) is 0. The zero-order chi connectivity index (χ0) is 11.3. The summed E-state index contributed by atoms with van der Waals surface area (Å²) in [5.41, 5.74) is 0.926. The number of thioether (sulfide) groups is 1. The fourth-order valence-electron chi connectivity index (χ4n) is 1.28. The van der Waals surface area contributed by atoms with Gasteiger partial charge in [-0.05, 0) is 25.3 Å². The normalized spacial score (nSPS) is 14.7. The molecule has 2 N–H and O–H groups in total. The zero-order valence-corrected chi connectivity index (χ0v) is 10.3. The molecule has 0 amide bonds. The third-order valence-electron chi connectivity index (χ3n) is 2.16. The third-order valence-corrected chi connectivity index (χ3v) is 3.53. The molecule has 84 valence electrons. The van der Waals surface area contributed by atoms with Crippen LogP contribution in [-0.4, -0.2) is 34.2 Å². The summed E-state index contributed by atoms with van der Waals surface area (Å²) in [4.78, 5) is 3.90. The second-order valence-corrected chi connectivity index (χ2v) is 4.72. The first kappa shape index (κ1) is 12.6. The van der Waals surface area contributed by atoms with Crippen LogP contribution in [0.1, 0.15) is 6.92 Å². The van der Waals surface area contributed by atoms with E-state index in [1.807, 2.05) is 19.2 Å². The molecule has 3 nitrogen and oxygen atoms in total. The third kappa shape index (κ3) is 3.89. The molecule has 1 heterocycles. The highest BCUT2D eigenvalue weighted by Crippen LogP contribution is 2.17. The number of rotatable bonds is 5. The van der Waals surface area contributed by atoms with Crippen LogP contribution in [0.25, 0.3) is 0 Å². The Morgan fingerprint density at radius 1 is 1.67 bits per heavy atom. The average molecular weight is 247 g/mol. The zero-order valence-electron chi connectivity index (χ0n) is 8.77. The quantitative estimate of drug-likeness (QED) is 0.783. The predicted molar refractivity (Wildman–Crippen MR) is 66.7 cm³/mol. The van der Waals surface area contributed by atoms with E-state index in [-0.39, 0.29) is 17.9 Å². The van der Waals surface area contributed by atoms with Gasteiger partial charge in [-0.1, -0.05) is 11.6 Å². The molecular weight excluding hydrogens is 232 g/mol. The molecule has 0 fully saturated rings. The van der Waals surface area contributed by atoms with Gasteiger partial charge in [0.1, 0.15) is 5.15 Å². The Bertz CT molecular complexity index is 307. The van der Waals surface area contributed by atoms with Gasteiger partial charge in [-0.2, -0.15) is 11.8 Å². The van der Waals surface area contributed by atoms with Gasteiger partial charge in [0.15, 0.2) is 0 Å². The van der Waals surface area contributed by atoms with Gasteiger partial charge >= 0.3 is 0 Å². The molecule has 1 aromatic heterocycles. The highest BCUT2D eigenvalue weighted by atomic mass is 35.5. The van der Waals surface area contributed by atoms with Gasteiger partial charge in [0.25, 0.3) is 0 Å². The monoisotopic (exact) mass is 246 g/mol. The number of hydrogen-bond donors (Lipinski definition) is 2. The van der Waals surface area contributed by atoms with Crippen LogP contribution in [0.2, 0.25) is 5.15 Å². The van der Waals surface area contributed by atoms with Crippen molar-refractivity contribution < 1.29 is 5.11 Å². The molecule has 5 heteroatoms. The predicted octanol–water partition coefficient (Wildman–Crippen LogP) is 2.26. The van der Waals surface area contributed by atoms with Crippen molar-refractivity contribution in [2.45, 2.75) is 18.2 Å². The minimum absolute atomic E-state index is 0.161. The first-order valence-corrected chi connectivity index (χ1v) is 6.35. The molecule has 2 atom stereocenters. The largest absolute Gasteiger partial charge is 0.395 e. The highest BCUT2D eigenvalue weighted by molar-refractivity contribution is 7.99. The molecule has 0 spiro atoms. The molecule has 1 aromatic rings. The molecule has 0 aliphatic rings. The number of anilines is 1. The minimum Gasteiger partial charge on any atom is -0.395 e. The molecule has 0 saturated carbocycles. The Morgan fingerprint density at radius 2 is 2.40 bits per heavy atom. The van der Waals surface area contributed by atoms with Gasteiger partial charge in [-0.15, -0.1) is 0 Å². The Hall–Kier alpha value is -0.450. The van der Waals surface area contributed by atoms with Crippen LogP contribution in [0.4, 0.5) is 5.69 Å². The summed E-state index contributed by atoms with van der Waals surface area (Å²) in [5, 5.41) is 13.1. The van der Waals surface area contributed by atoms with Gasteiger partial charge in [0.2, 0.25) is 0 Å². The Morgan fingerprint density at radius 3 is 2.93 bits per heavy atom. The summed E-state index contributed by atoms with van der Waals surface area (Å²) >= 11 is 7.41. The molecule has 0 aromatic carbocycles. The first-order valence-electron chi connectivity index (χ1n) is 4.69. The van der Waals surface area contributed by atoms with Gasteiger partial charge in [-0.25, -0.2) is 4.98 Å². The van der Waals surface area contributed by atoms with Crippen molar-refractivity contribution in [3.8, 4) is 0 Å². The van der Waals surface area contributed by atoms with E-state index in [0.29, 0.717) is 5.15 Å². The van der Waals surface area contributed by atoms with Gasteiger partial charge < -0.3 is 10.4 Å². The number of aromatic nitrogens is 1. The van der Waals surface area contributed by atoms with Crippen LogP contribution in [0.5, 0.6) is 0 Å². The number of aliphatic hydroxyl groups excluding tert-OH is 1. The average Bonchev–Trinajstić information content (AvgIpc) is 2.19. The summed E-state index contributed by atoms with van der Waals surface area (Å²) in [6.07, 6.45) is 3.64. The lowest BCUT2D eigenvalue weighted by molar-refractivity contribution is 0.288. The standard InChI is InChI=1S/C10H15ClN2OS/c1-7(9(6-14)15-2)13-8-3-4-12-10(11)5-8/h3-5,7,9,14H,6H2,1-2H3,(H,12,13). The SMILES string of the molecule is CSC(CO)C(C)Nc1ccnc(Cl)c1. The second-order valence-electron chi connectivity index (χ2n) is 3.26. The van der Waals surface area contributed by atoms with Crippen LogP contribution in [0, 0.1) is 0 Å². The second kappa shape index (κ2) is 6.20. The van der Waals surface area contributed by atoms with E-state index in [0.717, 1.165) is 5.69 Å².